The summed E-state index contributed by atoms with van der Waals surface area (Å²) in [6.45, 7) is 2.81. The molecule has 23 heavy (non-hydrogen) atoms. The maximum absolute atomic E-state index is 5.50. The van der Waals surface area contributed by atoms with E-state index < -0.39 is 0 Å². The van der Waals surface area contributed by atoms with Crippen LogP contribution < -0.4 is 0 Å². The van der Waals surface area contributed by atoms with Gasteiger partial charge in [0.25, 0.3) is 0 Å². The van der Waals surface area contributed by atoms with Crippen molar-refractivity contribution in [2.75, 3.05) is 6.54 Å². The molecule has 0 amide bonds. The first kappa shape index (κ1) is 14.6. The fourth-order valence-electron chi connectivity index (χ4n) is 3.15. The Morgan fingerprint density at radius 1 is 1.35 bits per heavy atom. The van der Waals surface area contributed by atoms with Crippen LogP contribution in [0.25, 0.3) is 10.6 Å². The fourth-order valence-corrected chi connectivity index (χ4v) is 3.82. The molecule has 0 bridgehead atoms. The maximum atomic E-state index is 5.50. The van der Waals surface area contributed by atoms with Crippen molar-refractivity contribution < 1.29 is 4.52 Å². The van der Waals surface area contributed by atoms with Crippen LogP contribution in [-0.4, -0.2) is 37.4 Å². The van der Waals surface area contributed by atoms with Crippen molar-refractivity contribution in [3.63, 3.8) is 0 Å². The number of nitrogens with zero attached hydrogens (tertiary/aromatic N) is 5. The highest BCUT2D eigenvalue weighted by Crippen LogP contribution is 2.27. The first-order chi connectivity index (χ1) is 11.4. The minimum atomic E-state index is 0.479. The van der Waals surface area contributed by atoms with Gasteiger partial charge in [0.2, 0.25) is 0 Å². The van der Waals surface area contributed by atoms with Gasteiger partial charge in [-0.3, -0.25) is 9.58 Å². The number of likely N-dealkylation sites (tertiary alicyclic amines) is 1. The van der Waals surface area contributed by atoms with Gasteiger partial charge in [0, 0.05) is 18.7 Å². The highest BCUT2D eigenvalue weighted by atomic mass is 32.1. The van der Waals surface area contributed by atoms with E-state index in [0.717, 1.165) is 36.0 Å². The van der Waals surface area contributed by atoms with Crippen LogP contribution in [0.4, 0.5) is 0 Å². The summed E-state index contributed by atoms with van der Waals surface area (Å²) in [5.74, 6) is 0.861. The lowest BCUT2D eigenvalue weighted by atomic mass is 10.0. The van der Waals surface area contributed by atoms with Crippen molar-refractivity contribution in [2.24, 2.45) is 0 Å². The third-order valence-corrected chi connectivity index (χ3v) is 5.19. The number of aromatic nitrogens is 4. The molecule has 1 saturated heterocycles. The van der Waals surface area contributed by atoms with Gasteiger partial charge in [0.05, 0.1) is 17.1 Å². The SMILES string of the molecule is c1csc(-c2cc(CN3CCCCC3Cn3cncn3)no2)c1. The van der Waals surface area contributed by atoms with E-state index in [0.29, 0.717) is 6.04 Å². The van der Waals surface area contributed by atoms with Gasteiger partial charge in [-0.25, -0.2) is 4.98 Å². The average Bonchev–Trinajstić information content (AvgIpc) is 3.31. The van der Waals surface area contributed by atoms with Gasteiger partial charge in [0.1, 0.15) is 12.7 Å². The van der Waals surface area contributed by atoms with Gasteiger partial charge in [-0.05, 0) is 30.8 Å². The lowest BCUT2D eigenvalue weighted by Gasteiger charge is -2.34. The Kier molecular flexibility index (Phi) is 4.21. The molecule has 3 aromatic heterocycles. The van der Waals surface area contributed by atoms with Crippen LogP contribution in [-0.2, 0) is 13.1 Å². The third kappa shape index (κ3) is 3.35. The molecule has 0 N–H and O–H groups in total. The number of hydrogen-bond acceptors (Lipinski definition) is 6. The Labute approximate surface area is 138 Å². The quantitative estimate of drug-likeness (QED) is 0.720. The zero-order chi connectivity index (χ0) is 15.5. The smallest absolute Gasteiger partial charge is 0.177 e. The van der Waals surface area contributed by atoms with E-state index in [9.17, 15) is 0 Å². The van der Waals surface area contributed by atoms with E-state index >= 15 is 0 Å². The Bertz CT molecular complexity index is 722. The van der Waals surface area contributed by atoms with Gasteiger partial charge in [0.15, 0.2) is 5.76 Å². The van der Waals surface area contributed by atoms with E-state index in [1.54, 1.807) is 24.0 Å². The summed E-state index contributed by atoms with van der Waals surface area (Å²) in [6, 6.07) is 6.63. The Morgan fingerprint density at radius 2 is 2.35 bits per heavy atom. The zero-order valence-corrected chi connectivity index (χ0v) is 13.7. The molecule has 7 heteroatoms. The molecule has 3 aromatic rings. The summed E-state index contributed by atoms with van der Waals surface area (Å²) in [4.78, 5) is 7.65. The lowest BCUT2D eigenvalue weighted by Crippen LogP contribution is -2.41. The molecule has 1 unspecified atom stereocenters. The third-order valence-electron chi connectivity index (χ3n) is 4.30. The number of rotatable bonds is 5. The average molecular weight is 329 g/mol. The highest BCUT2D eigenvalue weighted by molar-refractivity contribution is 7.13. The number of thiophene rings is 1. The number of hydrogen-bond donors (Lipinski definition) is 0. The van der Waals surface area contributed by atoms with Crippen LogP contribution in [0, 0.1) is 0 Å². The van der Waals surface area contributed by atoms with Crippen LogP contribution in [0.15, 0.2) is 40.8 Å². The van der Waals surface area contributed by atoms with Crippen LogP contribution in [0.1, 0.15) is 25.0 Å². The fraction of sp³-hybridized carbons (Fsp3) is 0.438. The first-order valence-corrected chi connectivity index (χ1v) is 8.82. The predicted octanol–water partition coefficient (Wildman–Crippen LogP) is 3.05. The van der Waals surface area contributed by atoms with Gasteiger partial charge in [-0.15, -0.1) is 11.3 Å². The van der Waals surface area contributed by atoms with Crippen molar-refractivity contribution in [3.05, 3.63) is 41.9 Å². The molecule has 1 aliphatic rings. The molecular formula is C16H19N5OS. The second-order valence-corrected chi connectivity index (χ2v) is 6.85. The van der Waals surface area contributed by atoms with Crippen molar-refractivity contribution in [3.8, 4) is 10.6 Å². The van der Waals surface area contributed by atoms with Gasteiger partial charge in [-0.1, -0.05) is 17.6 Å². The minimum Gasteiger partial charge on any atom is -0.355 e. The summed E-state index contributed by atoms with van der Waals surface area (Å²) in [7, 11) is 0. The summed E-state index contributed by atoms with van der Waals surface area (Å²) in [5, 5.41) is 10.5. The van der Waals surface area contributed by atoms with Crippen LogP contribution >= 0.6 is 11.3 Å². The highest BCUT2D eigenvalue weighted by Gasteiger charge is 2.24. The molecule has 6 nitrogen and oxygen atoms in total. The predicted molar refractivity (Wildman–Crippen MR) is 87.9 cm³/mol. The molecule has 0 spiro atoms. The van der Waals surface area contributed by atoms with Gasteiger partial charge < -0.3 is 4.52 Å². The van der Waals surface area contributed by atoms with Crippen molar-refractivity contribution in [1.29, 1.82) is 0 Å². The van der Waals surface area contributed by atoms with Crippen molar-refractivity contribution in [2.45, 2.75) is 38.4 Å². The first-order valence-electron chi connectivity index (χ1n) is 7.94. The molecule has 0 saturated carbocycles. The van der Waals surface area contributed by atoms with Crippen LogP contribution in [0.3, 0.4) is 0 Å². The van der Waals surface area contributed by atoms with Crippen LogP contribution in [0.5, 0.6) is 0 Å². The molecule has 0 radical (unpaired) electrons. The van der Waals surface area contributed by atoms with Crippen molar-refractivity contribution >= 4 is 11.3 Å². The molecular weight excluding hydrogens is 310 g/mol. The molecule has 4 heterocycles. The molecule has 1 fully saturated rings. The summed E-state index contributed by atoms with van der Waals surface area (Å²) in [5.41, 5.74) is 0.999. The maximum Gasteiger partial charge on any atom is 0.177 e. The molecule has 1 atom stereocenters. The summed E-state index contributed by atoms with van der Waals surface area (Å²) >= 11 is 1.67. The van der Waals surface area contributed by atoms with Gasteiger partial charge in [-0.2, -0.15) is 5.10 Å². The van der Waals surface area contributed by atoms with E-state index in [1.807, 2.05) is 10.7 Å². The van der Waals surface area contributed by atoms with E-state index in [2.05, 4.69) is 37.7 Å². The van der Waals surface area contributed by atoms with Gasteiger partial charge >= 0.3 is 0 Å². The lowest BCUT2D eigenvalue weighted by molar-refractivity contribution is 0.119. The Hall–Kier alpha value is -1.99. The van der Waals surface area contributed by atoms with E-state index in [1.165, 1.54) is 19.3 Å². The molecule has 120 valence electrons. The summed E-state index contributed by atoms with van der Waals surface area (Å²) in [6.07, 6.45) is 7.09. The topological polar surface area (TPSA) is 60.0 Å². The number of piperidine rings is 1. The Morgan fingerprint density at radius 3 is 3.17 bits per heavy atom. The largest absolute Gasteiger partial charge is 0.355 e. The normalized spacial score (nSPS) is 19.2. The molecule has 1 aliphatic heterocycles. The Balaban J connectivity index is 1.45. The standard InChI is InChI=1S/C16H19N5OS/c1-2-6-20(14(4-1)10-21-12-17-11-18-21)9-13-8-15(22-19-13)16-5-3-7-23-16/h3,5,7-8,11-12,14H,1-2,4,6,9-10H2. The second-order valence-electron chi connectivity index (χ2n) is 5.90. The van der Waals surface area contributed by atoms with E-state index in [-0.39, 0.29) is 0 Å². The minimum absolute atomic E-state index is 0.479. The monoisotopic (exact) mass is 329 g/mol. The van der Waals surface area contributed by atoms with E-state index in [4.69, 9.17) is 4.52 Å². The van der Waals surface area contributed by atoms with Crippen LogP contribution in [0.2, 0.25) is 0 Å². The summed E-state index contributed by atoms with van der Waals surface area (Å²) < 4.78 is 7.42. The molecule has 0 aromatic carbocycles. The molecule has 0 aliphatic carbocycles. The zero-order valence-electron chi connectivity index (χ0n) is 12.8. The van der Waals surface area contributed by atoms with Crippen molar-refractivity contribution in [1.82, 2.24) is 24.8 Å². The second kappa shape index (κ2) is 6.64. The molecule has 4 rings (SSSR count).